The Kier molecular flexibility index (Phi) is 2.39. The molecular formula is C13H16N4O2. The van der Waals surface area contributed by atoms with E-state index < -0.39 is 5.97 Å². The highest BCUT2D eigenvalue weighted by Gasteiger charge is 2.30. The zero-order valence-electron chi connectivity index (χ0n) is 11.2. The van der Waals surface area contributed by atoms with Crippen LogP contribution in [0, 0.1) is 0 Å². The molecule has 0 bridgehead atoms. The van der Waals surface area contributed by atoms with Gasteiger partial charge in [-0.2, -0.15) is 9.50 Å². The summed E-state index contributed by atoms with van der Waals surface area (Å²) in [6.07, 6.45) is 2.15. The lowest BCUT2D eigenvalue weighted by Crippen LogP contribution is -2.18. The summed E-state index contributed by atoms with van der Waals surface area (Å²) in [5, 5.41) is 13.6. The molecule has 3 rings (SSSR count). The molecule has 1 aliphatic carbocycles. The smallest absolute Gasteiger partial charge is 0.354 e. The number of rotatable bonds is 2. The lowest BCUT2D eigenvalue weighted by molar-refractivity contribution is 0.0687. The second-order valence-electron chi connectivity index (χ2n) is 6.04. The lowest BCUT2D eigenvalue weighted by atomic mass is 9.91. The minimum Gasteiger partial charge on any atom is -0.477 e. The first-order valence-electron chi connectivity index (χ1n) is 6.38. The van der Waals surface area contributed by atoms with Crippen molar-refractivity contribution in [1.29, 1.82) is 0 Å². The largest absolute Gasteiger partial charge is 0.477 e. The summed E-state index contributed by atoms with van der Waals surface area (Å²) in [4.78, 5) is 20.2. The molecule has 0 aliphatic heterocycles. The predicted molar refractivity (Wildman–Crippen MR) is 68.4 cm³/mol. The highest BCUT2D eigenvalue weighted by Crippen LogP contribution is 2.38. The molecule has 0 amide bonds. The summed E-state index contributed by atoms with van der Waals surface area (Å²) >= 11 is 0. The fraction of sp³-hybridized carbons (Fsp3) is 0.538. The number of carbonyl (C=O) groups is 1. The number of carboxylic acids is 1. The van der Waals surface area contributed by atoms with E-state index in [9.17, 15) is 9.90 Å². The topological polar surface area (TPSA) is 80.4 Å². The van der Waals surface area contributed by atoms with Crippen molar-refractivity contribution in [3.05, 3.63) is 23.3 Å². The Morgan fingerprint density at radius 3 is 2.58 bits per heavy atom. The van der Waals surface area contributed by atoms with Crippen molar-refractivity contribution >= 4 is 11.7 Å². The van der Waals surface area contributed by atoms with Crippen molar-refractivity contribution in [2.24, 2.45) is 0 Å². The van der Waals surface area contributed by atoms with E-state index >= 15 is 0 Å². The van der Waals surface area contributed by atoms with Gasteiger partial charge in [0.1, 0.15) is 0 Å². The Bertz CT molecular complexity index is 665. The Morgan fingerprint density at radius 2 is 2.05 bits per heavy atom. The zero-order valence-corrected chi connectivity index (χ0v) is 11.2. The zero-order chi connectivity index (χ0) is 13.8. The quantitative estimate of drug-likeness (QED) is 0.893. The van der Waals surface area contributed by atoms with E-state index in [1.807, 2.05) is 20.8 Å². The fourth-order valence-electron chi connectivity index (χ4n) is 1.93. The standard InChI is InChI=1S/C13H16N4O2/c1-13(2,3)9-6-8(11(18)19)17-12(14-9)15-10(16-17)7-4-5-7/h6-7H,4-5H2,1-3H3,(H,18,19). The molecule has 6 heteroatoms. The molecule has 1 saturated carbocycles. The molecule has 2 heterocycles. The highest BCUT2D eigenvalue weighted by molar-refractivity contribution is 5.86. The number of carboxylic acid groups (broad SMARTS) is 1. The number of hydrogen-bond donors (Lipinski definition) is 1. The number of nitrogens with zero attached hydrogens (tertiary/aromatic N) is 4. The van der Waals surface area contributed by atoms with Crippen LogP contribution in [-0.4, -0.2) is 30.7 Å². The van der Waals surface area contributed by atoms with E-state index in [-0.39, 0.29) is 11.1 Å². The number of aromatic carboxylic acids is 1. The van der Waals surface area contributed by atoms with Gasteiger partial charge in [-0.25, -0.2) is 9.78 Å². The molecule has 0 unspecified atom stereocenters. The second kappa shape index (κ2) is 3.76. The molecule has 100 valence electrons. The molecule has 1 N–H and O–H groups in total. The van der Waals surface area contributed by atoms with Gasteiger partial charge in [-0.05, 0) is 18.9 Å². The number of hydrogen-bond acceptors (Lipinski definition) is 4. The van der Waals surface area contributed by atoms with Gasteiger partial charge in [0, 0.05) is 11.3 Å². The van der Waals surface area contributed by atoms with Gasteiger partial charge >= 0.3 is 5.97 Å². The van der Waals surface area contributed by atoms with E-state index in [4.69, 9.17) is 0 Å². The maximum absolute atomic E-state index is 11.4. The van der Waals surface area contributed by atoms with E-state index in [1.54, 1.807) is 6.07 Å². The first kappa shape index (κ1) is 12.1. The summed E-state index contributed by atoms with van der Waals surface area (Å²) in [7, 11) is 0. The van der Waals surface area contributed by atoms with Crippen LogP contribution in [0.15, 0.2) is 6.07 Å². The minimum absolute atomic E-state index is 0.120. The van der Waals surface area contributed by atoms with Crippen LogP contribution in [0.5, 0.6) is 0 Å². The molecule has 19 heavy (non-hydrogen) atoms. The summed E-state index contributed by atoms with van der Waals surface area (Å²) < 4.78 is 1.34. The SMILES string of the molecule is CC(C)(C)c1cc(C(=O)O)n2nc(C3CC3)nc2n1. The van der Waals surface area contributed by atoms with E-state index in [1.165, 1.54) is 4.52 Å². The van der Waals surface area contributed by atoms with Gasteiger partial charge in [0.2, 0.25) is 0 Å². The monoisotopic (exact) mass is 260 g/mol. The van der Waals surface area contributed by atoms with E-state index in [0.29, 0.717) is 23.2 Å². The van der Waals surface area contributed by atoms with Crippen LogP contribution in [0.1, 0.15) is 61.5 Å². The molecule has 0 aromatic carbocycles. The third-order valence-corrected chi connectivity index (χ3v) is 3.26. The Hall–Kier alpha value is -1.98. The van der Waals surface area contributed by atoms with Gasteiger partial charge in [0.15, 0.2) is 11.5 Å². The number of fused-ring (bicyclic) bond motifs is 1. The Labute approximate surface area is 110 Å². The van der Waals surface area contributed by atoms with Crippen molar-refractivity contribution in [3.63, 3.8) is 0 Å². The molecule has 1 aliphatic rings. The van der Waals surface area contributed by atoms with Crippen LogP contribution in [0.25, 0.3) is 5.78 Å². The molecule has 0 atom stereocenters. The molecule has 0 saturated heterocycles. The third-order valence-electron chi connectivity index (χ3n) is 3.26. The van der Waals surface area contributed by atoms with Crippen LogP contribution < -0.4 is 0 Å². The maximum atomic E-state index is 11.4. The van der Waals surface area contributed by atoms with Crippen molar-refractivity contribution in [2.45, 2.75) is 44.9 Å². The predicted octanol–water partition coefficient (Wildman–Crippen LogP) is 2.00. The van der Waals surface area contributed by atoms with Gasteiger partial charge in [-0.1, -0.05) is 20.8 Å². The summed E-state index contributed by atoms with van der Waals surface area (Å²) in [5.41, 5.74) is 0.610. The van der Waals surface area contributed by atoms with Gasteiger partial charge in [-0.15, -0.1) is 5.10 Å². The van der Waals surface area contributed by atoms with Crippen LogP contribution in [-0.2, 0) is 5.41 Å². The first-order valence-corrected chi connectivity index (χ1v) is 6.38. The van der Waals surface area contributed by atoms with Crippen molar-refractivity contribution in [1.82, 2.24) is 19.6 Å². The van der Waals surface area contributed by atoms with Crippen LogP contribution >= 0.6 is 0 Å². The Morgan fingerprint density at radius 1 is 1.37 bits per heavy atom. The summed E-state index contributed by atoms with van der Waals surface area (Å²) in [6.45, 7) is 5.99. The van der Waals surface area contributed by atoms with E-state index in [2.05, 4.69) is 15.1 Å². The van der Waals surface area contributed by atoms with E-state index in [0.717, 1.165) is 12.8 Å². The average molecular weight is 260 g/mol. The number of aromatic nitrogens is 4. The van der Waals surface area contributed by atoms with Crippen molar-refractivity contribution in [2.75, 3.05) is 0 Å². The summed E-state index contributed by atoms with van der Waals surface area (Å²) in [5.74, 6) is 0.458. The van der Waals surface area contributed by atoms with Crippen LogP contribution in [0.2, 0.25) is 0 Å². The van der Waals surface area contributed by atoms with Gasteiger partial charge in [-0.3, -0.25) is 0 Å². The maximum Gasteiger partial charge on any atom is 0.354 e. The Balaban J connectivity index is 2.25. The normalized spacial score (nSPS) is 15.9. The van der Waals surface area contributed by atoms with Crippen molar-refractivity contribution in [3.8, 4) is 0 Å². The minimum atomic E-state index is -1.01. The van der Waals surface area contributed by atoms with Crippen LogP contribution in [0.3, 0.4) is 0 Å². The molecule has 0 radical (unpaired) electrons. The van der Waals surface area contributed by atoms with Crippen molar-refractivity contribution < 1.29 is 9.90 Å². The average Bonchev–Trinajstić information content (AvgIpc) is 3.06. The lowest BCUT2D eigenvalue weighted by Gasteiger charge is -2.17. The highest BCUT2D eigenvalue weighted by atomic mass is 16.4. The van der Waals surface area contributed by atoms with Gasteiger partial charge in [0.25, 0.3) is 5.78 Å². The molecule has 0 spiro atoms. The summed E-state index contributed by atoms with van der Waals surface area (Å²) in [6, 6.07) is 1.58. The molecule has 6 nitrogen and oxygen atoms in total. The first-order chi connectivity index (χ1) is 8.86. The third kappa shape index (κ3) is 2.07. The fourth-order valence-corrected chi connectivity index (χ4v) is 1.93. The molecule has 1 fully saturated rings. The van der Waals surface area contributed by atoms with Gasteiger partial charge in [0.05, 0.1) is 5.69 Å². The molecule has 2 aromatic rings. The molecular weight excluding hydrogens is 244 g/mol. The molecule has 2 aromatic heterocycles. The second-order valence-corrected chi connectivity index (χ2v) is 6.04. The van der Waals surface area contributed by atoms with Crippen LogP contribution in [0.4, 0.5) is 0 Å². The van der Waals surface area contributed by atoms with Gasteiger partial charge < -0.3 is 5.11 Å².